The van der Waals surface area contributed by atoms with Crippen LogP contribution < -0.4 is 10.1 Å². The predicted octanol–water partition coefficient (Wildman–Crippen LogP) is 2.22. The minimum absolute atomic E-state index is 0.228. The fourth-order valence-corrected chi connectivity index (χ4v) is 1.72. The second-order valence-corrected chi connectivity index (χ2v) is 4.48. The van der Waals surface area contributed by atoms with Crippen molar-refractivity contribution in [1.82, 2.24) is 5.32 Å². The molecule has 4 heteroatoms. The van der Waals surface area contributed by atoms with Crippen molar-refractivity contribution in [2.45, 2.75) is 33.2 Å². The molecule has 0 spiro atoms. The van der Waals surface area contributed by atoms with Gasteiger partial charge in [-0.3, -0.25) is 4.79 Å². The van der Waals surface area contributed by atoms with Crippen LogP contribution in [0.15, 0.2) is 18.2 Å². The molecule has 0 heterocycles. The zero-order chi connectivity index (χ0) is 14.3. The number of carbonyl (C=O) groups excluding carboxylic acids is 1. The lowest BCUT2D eigenvalue weighted by Gasteiger charge is -2.15. The van der Waals surface area contributed by atoms with E-state index in [1.165, 1.54) is 11.1 Å². The SMILES string of the molecule is CCOC(=O)C(CCOc1ccc(C)c(C)c1)NC. The average Bonchev–Trinajstić information content (AvgIpc) is 2.39. The average molecular weight is 265 g/mol. The van der Waals surface area contributed by atoms with Gasteiger partial charge in [-0.1, -0.05) is 6.07 Å². The first-order chi connectivity index (χ1) is 9.08. The molecule has 0 radical (unpaired) electrons. The van der Waals surface area contributed by atoms with Crippen LogP contribution >= 0.6 is 0 Å². The van der Waals surface area contributed by atoms with Crippen LogP contribution in [0.3, 0.4) is 0 Å². The molecule has 0 aliphatic rings. The van der Waals surface area contributed by atoms with Crippen LogP contribution in [0.4, 0.5) is 0 Å². The maximum absolute atomic E-state index is 11.6. The Bertz CT molecular complexity index is 418. The van der Waals surface area contributed by atoms with Gasteiger partial charge in [-0.05, 0) is 51.1 Å². The first-order valence-electron chi connectivity index (χ1n) is 6.62. The number of hydrogen-bond acceptors (Lipinski definition) is 4. The Hall–Kier alpha value is -1.55. The maximum Gasteiger partial charge on any atom is 0.323 e. The third-order valence-electron chi connectivity index (χ3n) is 3.07. The van der Waals surface area contributed by atoms with Gasteiger partial charge < -0.3 is 14.8 Å². The van der Waals surface area contributed by atoms with Gasteiger partial charge in [0.1, 0.15) is 11.8 Å². The summed E-state index contributed by atoms with van der Waals surface area (Å²) < 4.78 is 10.6. The van der Waals surface area contributed by atoms with E-state index in [1.807, 2.05) is 18.2 Å². The highest BCUT2D eigenvalue weighted by Gasteiger charge is 2.17. The molecule has 106 valence electrons. The van der Waals surface area contributed by atoms with Crippen LogP contribution in [0.25, 0.3) is 0 Å². The number of nitrogens with one attached hydrogen (secondary N) is 1. The molecule has 0 saturated carbocycles. The number of rotatable bonds is 7. The van der Waals surface area contributed by atoms with E-state index in [2.05, 4.69) is 19.2 Å². The molecule has 0 amide bonds. The number of ether oxygens (including phenoxy) is 2. The zero-order valence-electron chi connectivity index (χ0n) is 12.2. The lowest BCUT2D eigenvalue weighted by atomic mass is 10.1. The van der Waals surface area contributed by atoms with E-state index in [4.69, 9.17) is 9.47 Å². The van der Waals surface area contributed by atoms with Crippen molar-refractivity contribution in [3.8, 4) is 5.75 Å². The topological polar surface area (TPSA) is 47.6 Å². The molecular formula is C15H23NO3. The number of benzene rings is 1. The largest absolute Gasteiger partial charge is 0.494 e. The molecule has 1 atom stereocenters. The third kappa shape index (κ3) is 4.91. The Balaban J connectivity index is 2.43. The van der Waals surface area contributed by atoms with Gasteiger partial charge >= 0.3 is 5.97 Å². The minimum atomic E-state index is -0.313. The van der Waals surface area contributed by atoms with Crippen LogP contribution in [0.2, 0.25) is 0 Å². The quantitative estimate of drug-likeness (QED) is 0.768. The van der Waals surface area contributed by atoms with E-state index in [0.717, 1.165) is 5.75 Å². The Morgan fingerprint density at radius 3 is 2.63 bits per heavy atom. The summed E-state index contributed by atoms with van der Waals surface area (Å²) in [7, 11) is 1.75. The first-order valence-corrected chi connectivity index (χ1v) is 6.62. The molecule has 0 aliphatic heterocycles. The third-order valence-corrected chi connectivity index (χ3v) is 3.07. The summed E-state index contributed by atoms with van der Waals surface area (Å²) in [5, 5.41) is 2.94. The van der Waals surface area contributed by atoms with E-state index in [9.17, 15) is 4.79 Å². The fourth-order valence-electron chi connectivity index (χ4n) is 1.72. The highest BCUT2D eigenvalue weighted by Crippen LogP contribution is 2.16. The molecule has 0 aromatic heterocycles. The summed E-state index contributed by atoms with van der Waals surface area (Å²) in [6, 6.07) is 5.67. The van der Waals surface area contributed by atoms with Crippen molar-refractivity contribution in [2.24, 2.45) is 0 Å². The van der Waals surface area contributed by atoms with Gasteiger partial charge in [0, 0.05) is 6.42 Å². The normalized spacial score (nSPS) is 12.0. The van der Waals surface area contributed by atoms with Crippen molar-refractivity contribution < 1.29 is 14.3 Å². The van der Waals surface area contributed by atoms with Crippen LogP contribution in [0.1, 0.15) is 24.5 Å². The number of esters is 1. The number of likely N-dealkylation sites (N-methyl/N-ethyl adjacent to an activating group) is 1. The molecule has 1 aromatic carbocycles. The van der Waals surface area contributed by atoms with Gasteiger partial charge in [0.25, 0.3) is 0 Å². The van der Waals surface area contributed by atoms with E-state index in [1.54, 1.807) is 14.0 Å². The number of hydrogen-bond donors (Lipinski definition) is 1. The molecule has 0 saturated heterocycles. The van der Waals surface area contributed by atoms with Crippen molar-refractivity contribution in [3.63, 3.8) is 0 Å². The Morgan fingerprint density at radius 1 is 1.32 bits per heavy atom. The van der Waals surface area contributed by atoms with Gasteiger partial charge in [-0.2, -0.15) is 0 Å². The van der Waals surface area contributed by atoms with Gasteiger partial charge in [-0.25, -0.2) is 0 Å². The zero-order valence-corrected chi connectivity index (χ0v) is 12.2. The first kappa shape index (κ1) is 15.5. The Kier molecular flexibility index (Phi) is 6.36. The highest BCUT2D eigenvalue weighted by molar-refractivity contribution is 5.75. The minimum Gasteiger partial charge on any atom is -0.494 e. The summed E-state index contributed by atoms with van der Waals surface area (Å²) in [6.07, 6.45) is 0.586. The molecule has 0 fully saturated rings. The monoisotopic (exact) mass is 265 g/mol. The molecule has 0 bridgehead atoms. The lowest BCUT2D eigenvalue weighted by Crippen LogP contribution is -2.36. The standard InChI is InChI=1S/C15H23NO3/c1-5-18-15(17)14(16-4)8-9-19-13-7-6-11(2)12(3)10-13/h6-7,10,14,16H,5,8-9H2,1-4H3. The summed E-state index contributed by atoms with van der Waals surface area (Å²) in [5.74, 6) is 0.607. The van der Waals surface area contributed by atoms with E-state index in [-0.39, 0.29) is 12.0 Å². The van der Waals surface area contributed by atoms with Crippen molar-refractivity contribution >= 4 is 5.97 Å². The van der Waals surface area contributed by atoms with Crippen molar-refractivity contribution in [2.75, 3.05) is 20.3 Å². The second-order valence-electron chi connectivity index (χ2n) is 4.48. The number of carbonyl (C=O) groups is 1. The van der Waals surface area contributed by atoms with Gasteiger partial charge in [0.15, 0.2) is 0 Å². The molecule has 1 rings (SSSR count). The molecule has 4 nitrogen and oxygen atoms in total. The van der Waals surface area contributed by atoms with E-state index >= 15 is 0 Å². The van der Waals surface area contributed by atoms with Gasteiger partial charge in [0.05, 0.1) is 13.2 Å². The molecule has 19 heavy (non-hydrogen) atoms. The van der Waals surface area contributed by atoms with Gasteiger partial charge in [0.2, 0.25) is 0 Å². The van der Waals surface area contributed by atoms with Crippen LogP contribution in [0, 0.1) is 13.8 Å². The van der Waals surface area contributed by atoms with E-state index < -0.39 is 0 Å². The second kappa shape index (κ2) is 7.79. The fraction of sp³-hybridized carbons (Fsp3) is 0.533. The lowest BCUT2D eigenvalue weighted by molar-refractivity contribution is -0.145. The highest BCUT2D eigenvalue weighted by atomic mass is 16.5. The molecule has 1 aromatic rings. The summed E-state index contributed by atoms with van der Waals surface area (Å²) in [6.45, 7) is 6.80. The van der Waals surface area contributed by atoms with Gasteiger partial charge in [-0.15, -0.1) is 0 Å². The van der Waals surface area contributed by atoms with Crippen molar-refractivity contribution in [3.05, 3.63) is 29.3 Å². The molecule has 1 unspecified atom stereocenters. The summed E-state index contributed by atoms with van der Waals surface area (Å²) in [5.41, 5.74) is 2.44. The molecular weight excluding hydrogens is 242 g/mol. The summed E-state index contributed by atoms with van der Waals surface area (Å²) in [4.78, 5) is 11.6. The van der Waals surface area contributed by atoms with E-state index in [0.29, 0.717) is 19.6 Å². The van der Waals surface area contributed by atoms with Crippen LogP contribution in [0.5, 0.6) is 5.75 Å². The predicted molar refractivity (Wildman–Crippen MR) is 75.5 cm³/mol. The molecule has 0 aliphatic carbocycles. The Labute approximate surface area is 115 Å². The summed E-state index contributed by atoms with van der Waals surface area (Å²) >= 11 is 0. The number of aryl methyl sites for hydroxylation is 2. The molecule has 1 N–H and O–H groups in total. The Morgan fingerprint density at radius 2 is 2.05 bits per heavy atom. The van der Waals surface area contributed by atoms with Crippen molar-refractivity contribution in [1.29, 1.82) is 0 Å². The van der Waals surface area contributed by atoms with Crippen LogP contribution in [-0.2, 0) is 9.53 Å². The van der Waals surface area contributed by atoms with Crippen LogP contribution in [-0.4, -0.2) is 32.3 Å². The maximum atomic E-state index is 11.6. The smallest absolute Gasteiger partial charge is 0.323 e.